The predicted molar refractivity (Wildman–Crippen MR) is 117 cm³/mol. The van der Waals surface area contributed by atoms with Crippen molar-refractivity contribution < 1.29 is 32.2 Å². The van der Waals surface area contributed by atoms with E-state index in [9.17, 15) is 18.0 Å². The van der Waals surface area contributed by atoms with Gasteiger partial charge in [-0.05, 0) is 38.0 Å². The van der Waals surface area contributed by atoms with Gasteiger partial charge in [0, 0.05) is 18.2 Å². The zero-order valence-corrected chi connectivity index (χ0v) is 19.1. The highest BCUT2D eigenvalue weighted by Gasteiger charge is 2.34. The van der Waals surface area contributed by atoms with Crippen LogP contribution in [0.3, 0.4) is 0 Å². The number of methoxy groups -OCH3 is 2. The van der Waals surface area contributed by atoms with Gasteiger partial charge in [-0.2, -0.15) is 4.31 Å². The van der Waals surface area contributed by atoms with Crippen LogP contribution in [0.4, 0.5) is 0 Å². The molecule has 0 amide bonds. The fourth-order valence-electron chi connectivity index (χ4n) is 3.72. The van der Waals surface area contributed by atoms with Gasteiger partial charge in [0.1, 0.15) is 10.6 Å². The van der Waals surface area contributed by atoms with Gasteiger partial charge in [-0.15, -0.1) is 0 Å². The summed E-state index contributed by atoms with van der Waals surface area (Å²) in [5.74, 6) is -1.46. The van der Waals surface area contributed by atoms with Crippen LogP contribution in [0.5, 0.6) is 5.75 Å². The number of hydrogen-bond acceptors (Lipinski definition) is 7. The summed E-state index contributed by atoms with van der Waals surface area (Å²) in [4.78, 5) is 25.0. The molecule has 0 spiro atoms. The fraction of sp³-hybridized carbons (Fsp3) is 0.391. The predicted octanol–water partition coefficient (Wildman–Crippen LogP) is 3.33. The van der Waals surface area contributed by atoms with Gasteiger partial charge in [0.25, 0.3) is 0 Å². The normalized spacial score (nSPS) is 17.9. The second kappa shape index (κ2) is 10.1. The van der Waals surface area contributed by atoms with Gasteiger partial charge >= 0.3 is 11.9 Å². The van der Waals surface area contributed by atoms with Gasteiger partial charge in [-0.3, -0.25) is 0 Å². The molecule has 3 rings (SSSR count). The van der Waals surface area contributed by atoms with Crippen molar-refractivity contribution in [3.63, 3.8) is 0 Å². The molecule has 1 heterocycles. The minimum absolute atomic E-state index is 0.0149. The molecule has 8 nitrogen and oxygen atoms in total. The molecule has 172 valence electrons. The molecule has 0 bridgehead atoms. The Hall–Kier alpha value is -2.91. The Balaban J connectivity index is 1.95. The van der Waals surface area contributed by atoms with Crippen molar-refractivity contribution in [1.82, 2.24) is 4.31 Å². The van der Waals surface area contributed by atoms with Crippen molar-refractivity contribution in [2.45, 2.75) is 43.2 Å². The summed E-state index contributed by atoms with van der Waals surface area (Å²) in [6.45, 7) is 2.27. The van der Waals surface area contributed by atoms with E-state index in [1.807, 2.05) is 6.92 Å². The SMILES string of the molecule is COC(=O)C(OC(=O)c1ccc(OC)c(S(=O)(=O)N2CCCCC2C)c1)c1ccccc1. The number of carbonyl (C=O) groups is 2. The molecule has 1 aliphatic rings. The molecule has 0 aliphatic carbocycles. The van der Waals surface area contributed by atoms with Crippen molar-refractivity contribution in [2.75, 3.05) is 20.8 Å². The van der Waals surface area contributed by atoms with Crippen LogP contribution in [0.2, 0.25) is 0 Å². The van der Waals surface area contributed by atoms with Crippen LogP contribution < -0.4 is 4.74 Å². The van der Waals surface area contributed by atoms with E-state index in [0.29, 0.717) is 12.1 Å². The van der Waals surface area contributed by atoms with E-state index < -0.39 is 28.1 Å². The molecule has 0 aromatic heterocycles. The van der Waals surface area contributed by atoms with Crippen molar-refractivity contribution >= 4 is 22.0 Å². The summed E-state index contributed by atoms with van der Waals surface area (Å²) in [6, 6.07) is 12.3. The molecule has 0 saturated carbocycles. The molecule has 2 aromatic rings. The number of hydrogen-bond donors (Lipinski definition) is 0. The third-order valence-electron chi connectivity index (χ3n) is 5.47. The van der Waals surface area contributed by atoms with Crippen molar-refractivity contribution in [3.8, 4) is 5.75 Å². The van der Waals surface area contributed by atoms with Gasteiger partial charge in [0.05, 0.1) is 19.8 Å². The number of benzene rings is 2. The van der Waals surface area contributed by atoms with Crippen molar-refractivity contribution in [3.05, 3.63) is 59.7 Å². The minimum atomic E-state index is -3.90. The summed E-state index contributed by atoms with van der Waals surface area (Å²) in [5.41, 5.74) is 0.426. The first-order chi connectivity index (χ1) is 15.3. The van der Waals surface area contributed by atoms with Crippen LogP contribution in [0.25, 0.3) is 0 Å². The highest BCUT2D eigenvalue weighted by molar-refractivity contribution is 7.89. The van der Waals surface area contributed by atoms with Crippen molar-refractivity contribution in [2.24, 2.45) is 0 Å². The Morgan fingerprint density at radius 2 is 1.78 bits per heavy atom. The number of esters is 2. The lowest BCUT2D eigenvalue weighted by Crippen LogP contribution is -2.42. The van der Waals surface area contributed by atoms with Gasteiger partial charge in [-0.25, -0.2) is 18.0 Å². The van der Waals surface area contributed by atoms with E-state index >= 15 is 0 Å². The number of nitrogens with zero attached hydrogens (tertiary/aromatic N) is 1. The second-order valence-electron chi connectivity index (χ2n) is 7.55. The lowest BCUT2D eigenvalue weighted by Gasteiger charge is -2.32. The maximum atomic E-state index is 13.4. The van der Waals surface area contributed by atoms with Gasteiger partial charge < -0.3 is 14.2 Å². The molecule has 0 N–H and O–H groups in total. The smallest absolute Gasteiger partial charge is 0.351 e. The second-order valence-corrected chi connectivity index (χ2v) is 9.40. The lowest BCUT2D eigenvalue weighted by atomic mass is 10.1. The maximum absolute atomic E-state index is 13.4. The van der Waals surface area contributed by atoms with E-state index in [-0.39, 0.29) is 22.3 Å². The third kappa shape index (κ3) is 4.94. The molecule has 1 fully saturated rings. The largest absolute Gasteiger partial charge is 0.495 e. The Morgan fingerprint density at radius 1 is 1.06 bits per heavy atom. The van der Waals surface area contributed by atoms with Crippen LogP contribution in [-0.2, 0) is 24.3 Å². The maximum Gasteiger partial charge on any atom is 0.351 e. The average Bonchev–Trinajstić information content (AvgIpc) is 2.82. The Morgan fingerprint density at radius 3 is 2.41 bits per heavy atom. The van der Waals surface area contributed by atoms with Gasteiger partial charge in [0.2, 0.25) is 16.1 Å². The summed E-state index contributed by atoms with van der Waals surface area (Å²) in [5, 5.41) is 0. The van der Waals surface area contributed by atoms with Crippen LogP contribution in [0.1, 0.15) is 48.2 Å². The molecule has 1 saturated heterocycles. The molecule has 32 heavy (non-hydrogen) atoms. The molecule has 0 radical (unpaired) electrons. The molecule has 1 aliphatic heterocycles. The first-order valence-corrected chi connectivity index (χ1v) is 11.8. The zero-order valence-electron chi connectivity index (χ0n) is 18.3. The number of sulfonamides is 1. The van der Waals surface area contributed by atoms with E-state index in [2.05, 4.69) is 0 Å². The topological polar surface area (TPSA) is 99.2 Å². The molecule has 2 unspecified atom stereocenters. The van der Waals surface area contributed by atoms with Crippen LogP contribution in [-0.4, -0.2) is 51.5 Å². The fourth-order valence-corrected chi connectivity index (χ4v) is 5.61. The monoisotopic (exact) mass is 461 g/mol. The average molecular weight is 462 g/mol. The number of carbonyl (C=O) groups excluding carboxylic acids is 2. The van der Waals surface area contributed by atoms with E-state index in [1.165, 1.54) is 36.7 Å². The molecule has 9 heteroatoms. The standard InChI is InChI=1S/C23H27NO7S/c1-16-9-7-8-14-24(16)32(27,28)20-15-18(12-13-19(20)29-2)22(25)31-21(23(26)30-3)17-10-5-4-6-11-17/h4-6,10-13,15-16,21H,7-9,14H2,1-3H3. The number of piperidine rings is 1. The van der Waals surface area contributed by atoms with Crippen molar-refractivity contribution in [1.29, 1.82) is 0 Å². The quantitative estimate of drug-likeness (QED) is 0.583. The highest BCUT2D eigenvalue weighted by atomic mass is 32.2. The summed E-state index contributed by atoms with van der Waals surface area (Å²) >= 11 is 0. The highest BCUT2D eigenvalue weighted by Crippen LogP contribution is 2.32. The van der Waals surface area contributed by atoms with Gasteiger partial charge in [-0.1, -0.05) is 36.8 Å². The Labute approximate surface area is 188 Å². The first-order valence-electron chi connectivity index (χ1n) is 10.3. The summed E-state index contributed by atoms with van der Waals surface area (Å²) in [6.07, 6.45) is 1.22. The molecule has 2 aromatic carbocycles. The summed E-state index contributed by atoms with van der Waals surface area (Å²) < 4.78 is 43.6. The van der Waals surface area contributed by atoms with E-state index in [1.54, 1.807) is 30.3 Å². The van der Waals surface area contributed by atoms with Crippen LogP contribution in [0.15, 0.2) is 53.4 Å². The van der Waals surface area contributed by atoms with E-state index in [0.717, 1.165) is 19.3 Å². The zero-order chi connectivity index (χ0) is 23.3. The molecular weight excluding hydrogens is 434 g/mol. The number of ether oxygens (including phenoxy) is 3. The third-order valence-corrected chi connectivity index (χ3v) is 7.51. The first kappa shape index (κ1) is 23.7. The Kier molecular flexibility index (Phi) is 7.52. The van der Waals surface area contributed by atoms with E-state index in [4.69, 9.17) is 14.2 Å². The van der Waals surface area contributed by atoms with Crippen LogP contribution >= 0.6 is 0 Å². The van der Waals surface area contributed by atoms with Crippen LogP contribution in [0, 0.1) is 0 Å². The Bertz CT molecular complexity index is 1070. The minimum Gasteiger partial charge on any atom is -0.495 e. The summed E-state index contributed by atoms with van der Waals surface area (Å²) in [7, 11) is -1.33. The molecule has 2 atom stereocenters. The number of rotatable bonds is 7. The van der Waals surface area contributed by atoms with Gasteiger partial charge in [0.15, 0.2) is 0 Å². The lowest BCUT2D eigenvalue weighted by molar-refractivity contribution is -0.151. The molecular formula is C23H27NO7S.